The summed E-state index contributed by atoms with van der Waals surface area (Å²) < 4.78 is 0. The van der Waals surface area contributed by atoms with Gasteiger partial charge < -0.3 is 0 Å². The molecule has 1 heterocycles. The number of rotatable bonds is 2. The molecule has 10 heavy (non-hydrogen) atoms. The van der Waals surface area contributed by atoms with Crippen LogP contribution in [0.3, 0.4) is 0 Å². The summed E-state index contributed by atoms with van der Waals surface area (Å²) >= 11 is 5.78. The summed E-state index contributed by atoms with van der Waals surface area (Å²) in [7, 11) is 0. The Balaban J connectivity index is 2.81. The van der Waals surface area contributed by atoms with Gasteiger partial charge in [0.15, 0.2) is 0 Å². The Kier molecular flexibility index (Phi) is 2.69. The monoisotopic (exact) mass is 154 g/mol. The third kappa shape index (κ3) is 1.71. The zero-order valence-corrected chi connectivity index (χ0v) is 6.65. The maximum Gasteiger partial charge on any atom is 0.0700 e. The molecule has 0 N–H and O–H groups in total. The highest BCUT2D eigenvalue weighted by molar-refractivity contribution is 6.31. The molecule has 0 saturated carbocycles. The van der Waals surface area contributed by atoms with Crippen molar-refractivity contribution in [1.29, 1.82) is 0 Å². The molecule has 0 aliphatic heterocycles. The largest absolute Gasteiger partial charge is 0.260 e. The van der Waals surface area contributed by atoms with Crippen molar-refractivity contribution in [2.24, 2.45) is 0 Å². The van der Waals surface area contributed by atoms with Gasteiger partial charge in [0, 0.05) is 12.3 Å². The van der Waals surface area contributed by atoms with Gasteiger partial charge in [0.2, 0.25) is 0 Å². The fraction of sp³-hybridized carbons (Fsp3) is 0.375. The zero-order chi connectivity index (χ0) is 7.40. The molecule has 0 spiro atoms. The van der Waals surface area contributed by atoms with Gasteiger partial charge in [-0.15, -0.1) is 0 Å². The Morgan fingerprint density at radius 3 is 3.10 bits per heavy atom. The summed E-state index contributed by atoms with van der Waals surface area (Å²) in [6.07, 6.45) is 3.73. The molecule has 1 radical (unpaired) electrons. The second-order valence-corrected chi connectivity index (χ2v) is 2.48. The molecule has 0 saturated heterocycles. The van der Waals surface area contributed by atoms with Crippen molar-refractivity contribution in [2.45, 2.75) is 19.8 Å². The van der Waals surface area contributed by atoms with Crippen LogP contribution < -0.4 is 0 Å². The van der Waals surface area contributed by atoms with E-state index >= 15 is 0 Å². The van der Waals surface area contributed by atoms with E-state index in [1.165, 1.54) is 0 Å². The third-order valence-corrected chi connectivity index (χ3v) is 1.58. The molecule has 53 valence electrons. The standard InChI is InChI=1S/C8H9ClN/c1-2-4-8-7(9)5-3-6-10-8/h3,6H,2,4H2,1H3. The molecule has 0 aromatic carbocycles. The van der Waals surface area contributed by atoms with Gasteiger partial charge in [-0.25, -0.2) is 0 Å². The van der Waals surface area contributed by atoms with E-state index < -0.39 is 0 Å². The smallest absolute Gasteiger partial charge is 0.0700 e. The first-order valence-electron chi connectivity index (χ1n) is 3.35. The Hall–Kier alpha value is -0.560. The Morgan fingerprint density at radius 1 is 1.70 bits per heavy atom. The van der Waals surface area contributed by atoms with Gasteiger partial charge in [-0.05, 0) is 12.5 Å². The van der Waals surface area contributed by atoms with Crippen molar-refractivity contribution in [2.75, 3.05) is 0 Å². The van der Waals surface area contributed by atoms with Gasteiger partial charge >= 0.3 is 0 Å². The third-order valence-electron chi connectivity index (χ3n) is 1.26. The van der Waals surface area contributed by atoms with Crippen LogP contribution in [0.2, 0.25) is 5.02 Å². The Morgan fingerprint density at radius 2 is 2.50 bits per heavy atom. The summed E-state index contributed by atoms with van der Waals surface area (Å²) in [5.74, 6) is 0. The molecule has 0 atom stereocenters. The summed E-state index contributed by atoms with van der Waals surface area (Å²) in [6.45, 7) is 2.10. The number of nitrogens with zero attached hydrogens (tertiary/aromatic N) is 1. The maximum atomic E-state index is 5.78. The zero-order valence-electron chi connectivity index (χ0n) is 5.89. The van der Waals surface area contributed by atoms with Gasteiger partial charge in [-0.1, -0.05) is 24.9 Å². The van der Waals surface area contributed by atoms with Crippen molar-refractivity contribution in [3.8, 4) is 0 Å². The fourth-order valence-corrected chi connectivity index (χ4v) is 0.995. The van der Waals surface area contributed by atoms with Crippen LogP contribution >= 0.6 is 11.6 Å². The van der Waals surface area contributed by atoms with Gasteiger partial charge in [0.05, 0.1) is 10.7 Å². The van der Waals surface area contributed by atoms with Crippen molar-refractivity contribution in [3.63, 3.8) is 0 Å². The van der Waals surface area contributed by atoms with Crippen molar-refractivity contribution >= 4 is 11.6 Å². The lowest BCUT2D eigenvalue weighted by molar-refractivity contribution is 0.882. The average molecular weight is 155 g/mol. The average Bonchev–Trinajstić information content (AvgIpc) is 1.94. The first kappa shape index (κ1) is 7.55. The van der Waals surface area contributed by atoms with Crippen molar-refractivity contribution in [3.05, 3.63) is 29.0 Å². The number of aryl methyl sites for hydroxylation is 1. The summed E-state index contributed by atoms with van der Waals surface area (Å²) in [6, 6.07) is 4.61. The predicted molar refractivity (Wildman–Crippen MR) is 42.1 cm³/mol. The van der Waals surface area contributed by atoms with E-state index in [4.69, 9.17) is 11.6 Å². The molecular weight excluding hydrogens is 146 g/mol. The van der Waals surface area contributed by atoms with Crippen LogP contribution in [0.25, 0.3) is 0 Å². The van der Waals surface area contributed by atoms with E-state index in [1.54, 1.807) is 12.3 Å². The predicted octanol–water partition coefficient (Wildman–Crippen LogP) is 2.49. The number of aromatic nitrogens is 1. The molecule has 0 amide bonds. The maximum absolute atomic E-state index is 5.78. The van der Waals surface area contributed by atoms with E-state index in [-0.39, 0.29) is 0 Å². The molecule has 0 aliphatic rings. The van der Waals surface area contributed by atoms with Crippen LogP contribution in [0, 0.1) is 6.07 Å². The van der Waals surface area contributed by atoms with Crippen molar-refractivity contribution < 1.29 is 0 Å². The molecular formula is C8H9ClN. The normalized spacial score (nSPS) is 9.80. The quantitative estimate of drug-likeness (QED) is 0.638. The first-order valence-corrected chi connectivity index (χ1v) is 3.73. The van der Waals surface area contributed by atoms with Gasteiger partial charge in [-0.2, -0.15) is 0 Å². The summed E-state index contributed by atoms with van der Waals surface area (Å²) in [5, 5.41) is 0.657. The lowest BCUT2D eigenvalue weighted by Gasteiger charge is -1.97. The molecule has 1 aromatic heterocycles. The first-order chi connectivity index (χ1) is 4.84. The number of hydrogen-bond acceptors (Lipinski definition) is 1. The Labute approximate surface area is 66.0 Å². The topological polar surface area (TPSA) is 12.9 Å². The highest BCUT2D eigenvalue weighted by atomic mass is 35.5. The molecule has 0 fully saturated rings. The van der Waals surface area contributed by atoms with Crippen LogP contribution in [-0.4, -0.2) is 4.98 Å². The molecule has 0 bridgehead atoms. The molecule has 0 aliphatic carbocycles. The Bertz CT molecular complexity index is 210. The van der Waals surface area contributed by atoms with E-state index in [9.17, 15) is 0 Å². The minimum Gasteiger partial charge on any atom is -0.260 e. The number of halogens is 1. The number of hydrogen-bond donors (Lipinski definition) is 0. The second kappa shape index (κ2) is 3.57. The van der Waals surface area contributed by atoms with Crippen LogP contribution in [-0.2, 0) is 6.42 Å². The van der Waals surface area contributed by atoms with Crippen LogP contribution in [0.4, 0.5) is 0 Å². The minimum absolute atomic E-state index is 0.657. The van der Waals surface area contributed by atoms with Crippen LogP contribution in [0.15, 0.2) is 12.3 Å². The van der Waals surface area contributed by atoms with Crippen molar-refractivity contribution in [1.82, 2.24) is 4.98 Å². The molecule has 1 nitrogen and oxygen atoms in total. The van der Waals surface area contributed by atoms with Gasteiger partial charge in [-0.3, -0.25) is 4.98 Å². The highest BCUT2D eigenvalue weighted by Gasteiger charge is 1.96. The molecule has 1 rings (SSSR count). The molecule has 2 heteroatoms. The minimum atomic E-state index is 0.657. The van der Waals surface area contributed by atoms with Crippen LogP contribution in [0.1, 0.15) is 19.0 Å². The van der Waals surface area contributed by atoms with Gasteiger partial charge in [0.25, 0.3) is 0 Å². The van der Waals surface area contributed by atoms with E-state index in [1.807, 2.05) is 0 Å². The number of pyridine rings is 1. The summed E-state index contributed by atoms with van der Waals surface area (Å²) in [5.41, 5.74) is 0.951. The lowest BCUT2D eigenvalue weighted by atomic mass is 10.2. The van der Waals surface area contributed by atoms with Gasteiger partial charge in [0.1, 0.15) is 0 Å². The molecule has 1 aromatic rings. The summed E-state index contributed by atoms with van der Waals surface area (Å²) in [4.78, 5) is 4.10. The highest BCUT2D eigenvalue weighted by Crippen LogP contribution is 2.12. The van der Waals surface area contributed by atoms with E-state index in [0.29, 0.717) is 5.02 Å². The lowest BCUT2D eigenvalue weighted by Crippen LogP contribution is -1.88. The SMILES string of the molecule is CCCc1ncc[c]c1Cl. The molecule has 0 unspecified atom stereocenters. The fourth-order valence-electron chi connectivity index (χ4n) is 0.789. The van der Waals surface area contributed by atoms with E-state index in [2.05, 4.69) is 18.0 Å². The van der Waals surface area contributed by atoms with Crippen LogP contribution in [0.5, 0.6) is 0 Å². The second-order valence-electron chi connectivity index (χ2n) is 2.10. The van der Waals surface area contributed by atoms with E-state index in [0.717, 1.165) is 18.5 Å².